The summed E-state index contributed by atoms with van der Waals surface area (Å²) < 4.78 is 7.19. The first-order valence-electron chi connectivity index (χ1n) is 38.4. The van der Waals surface area contributed by atoms with Crippen molar-refractivity contribution in [3.05, 3.63) is 0 Å². The molecule has 0 fully saturated rings. The van der Waals surface area contributed by atoms with E-state index in [2.05, 4.69) is 0 Å². The first kappa shape index (κ1) is 85.7. The maximum Gasteiger partial charge on any atom is 0.303 e. The van der Waals surface area contributed by atoms with Crippen LogP contribution < -0.4 is 0 Å². The maximum absolute atomic E-state index is 13.2. The van der Waals surface area contributed by atoms with Crippen LogP contribution in [0, 0.1) is 0 Å². The summed E-state index contributed by atoms with van der Waals surface area (Å²) in [6.07, 6.45) is 71.3. The second-order valence-corrected chi connectivity index (χ2v) is 27.5. The molecule has 0 aliphatic rings. The Bertz CT molecular complexity index is 1460. The zero-order valence-electron chi connectivity index (χ0n) is 57.5. The molecule has 0 spiro atoms. The van der Waals surface area contributed by atoms with E-state index in [1.165, 1.54) is 238 Å². The van der Waals surface area contributed by atoms with Crippen molar-refractivity contribution in [2.45, 2.75) is 448 Å². The Morgan fingerprint density at radius 2 is 0.409 bits per heavy atom. The van der Waals surface area contributed by atoms with Crippen molar-refractivity contribution in [2.24, 2.45) is 0 Å². The average molecular weight is 1250 g/mol. The number of carbonyl (C=O) groups is 4. The number of carboxylic acids is 4. The van der Waals surface area contributed by atoms with Crippen LogP contribution in [0.15, 0.2) is 0 Å². The summed E-state index contributed by atoms with van der Waals surface area (Å²) in [5, 5.41) is 71.2. The van der Waals surface area contributed by atoms with Crippen LogP contribution in [0.1, 0.15) is 430 Å². The molecule has 0 unspecified atom stereocenters. The van der Waals surface area contributed by atoms with E-state index in [1.807, 2.05) is 0 Å². The first-order valence-corrected chi connectivity index (χ1v) is 38.4. The van der Waals surface area contributed by atoms with Gasteiger partial charge in [-0.3, -0.25) is 19.2 Å². The lowest BCUT2D eigenvalue weighted by Gasteiger charge is -2.50. The van der Waals surface area contributed by atoms with Gasteiger partial charge in [-0.05, 0) is 51.4 Å². The minimum absolute atomic E-state index is 0.289. The number of unbranched alkanes of at least 4 members (excludes halogenated alkanes) is 56. The monoisotopic (exact) mass is 1250 g/mol. The number of carboxylic acid groups (broad SMARTS) is 4. The lowest BCUT2D eigenvalue weighted by atomic mass is 9.69. The van der Waals surface area contributed by atoms with Gasteiger partial charge in [0.05, 0.1) is 12.2 Å². The van der Waals surface area contributed by atoms with Gasteiger partial charge < -0.3 is 40.5 Å². The smallest absolute Gasteiger partial charge is 0.303 e. The molecule has 0 heterocycles. The van der Waals surface area contributed by atoms with E-state index in [4.69, 9.17) is 25.2 Å². The lowest BCUT2D eigenvalue weighted by molar-refractivity contribution is -0.242. The Kier molecular flexibility index (Phi) is 64.5. The molecule has 0 bridgehead atoms. The van der Waals surface area contributed by atoms with E-state index in [0.717, 1.165) is 148 Å². The Balaban J connectivity index is 5.54. The molecule has 0 radical (unpaired) electrons. The molecule has 0 rings (SSSR count). The fourth-order valence-electron chi connectivity index (χ4n) is 13.6. The van der Waals surface area contributed by atoms with E-state index in [0.29, 0.717) is 45.1 Å². The minimum atomic E-state index is -1.54. The Morgan fingerprint density at radius 3 is 0.591 bits per heavy atom. The summed E-state index contributed by atoms with van der Waals surface area (Å²) in [4.78, 5) is 43.0. The largest absolute Gasteiger partial charge is 0.481 e. The van der Waals surface area contributed by atoms with Crippen LogP contribution in [0.2, 0.25) is 0 Å². The minimum Gasteiger partial charge on any atom is -0.481 e. The van der Waals surface area contributed by atoms with Gasteiger partial charge >= 0.3 is 23.9 Å². The van der Waals surface area contributed by atoms with Crippen LogP contribution in [-0.2, 0) is 23.9 Å². The molecule has 0 aromatic heterocycles. The van der Waals surface area contributed by atoms with E-state index in [1.54, 1.807) is 0 Å². The number of aliphatic hydroxyl groups excluding tert-OH is 2. The number of ether oxygens (including phenoxy) is 1. The van der Waals surface area contributed by atoms with Crippen molar-refractivity contribution in [2.75, 3.05) is 13.2 Å². The molecule has 0 saturated heterocycles. The normalized spacial score (nSPS) is 12.9. The maximum atomic E-state index is 13.2. The fourth-order valence-corrected chi connectivity index (χ4v) is 13.6. The van der Waals surface area contributed by atoms with E-state index in [9.17, 15) is 34.5 Å². The van der Waals surface area contributed by atoms with Gasteiger partial charge in [0.1, 0.15) is 11.7 Å². The van der Waals surface area contributed by atoms with Crippen LogP contribution in [0.25, 0.3) is 0 Å². The highest BCUT2D eigenvalue weighted by atomic mass is 16.5. The van der Waals surface area contributed by atoms with Gasteiger partial charge in [-0.15, -0.1) is 0 Å². The summed E-state index contributed by atoms with van der Waals surface area (Å²) in [5.74, 6) is -2.75. The standard InChI is InChI=1S/C76H146O12/c77-69-70(78)76(87,67-59-51-43-35-27-19-11-3-7-15-23-31-39-47-55-63-73(83)84)75(65-57-49-41-33-25-17-9-1-5-13-21-29-37-45-53-61-71(79)80,66-58-50-42-34-26-18-10-2-6-14-22-30-38-46-54-62-72(81)82)88-68-60-52-44-36-28-20-12-4-8-16-24-32-40-48-56-64-74(85)86/h70,77-78,87H,1-69H2,(H,79,80)(H,81,82)(H,83,84)(H,85,86)/t70-,76-/m1/s1. The van der Waals surface area contributed by atoms with Crippen molar-refractivity contribution in [1.82, 2.24) is 0 Å². The molecule has 2 atom stereocenters. The second kappa shape index (κ2) is 66.2. The molecule has 88 heavy (non-hydrogen) atoms. The number of hydrogen-bond acceptors (Lipinski definition) is 8. The molecular weight excluding hydrogens is 1100 g/mol. The SMILES string of the molecule is O=C(O)CCCCCCCCCCCCCCCCCOC(CCCCCCCCCCCCCCCCCC(=O)O)(CCCCCCCCCCCCCCCCCC(=O)O)[C@@](O)(CCCCCCCCCCCCCCCCCC(=O)O)[C@H](O)CO. The third kappa shape index (κ3) is 57.6. The van der Waals surface area contributed by atoms with Gasteiger partial charge in [-0.1, -0.05) is 353 Å². The molecule has 522 valence electrons. The predicted octanol–water partition coefficient (Wildman–Crippen LogP) is 22.3. The quantitative estimate of drug-likeness (QED) is 0.0283. The average Bonchev–Trinajstić information content (AvgIpc) is 3.59. The van der Waals surface area contributed by atoms with Crippen molar-refractivity contribution >= 4 is 23.9 Å². The molecule has 0 amide bonds. The van der Waals surface area contributed by atoms with Gasteiger partial charge in [0.25, 0.3) is 0 Å². The molecule has 7 N–H and O–H groups in total. The Morgan fingerprint density at radius 1 is 0.250 bits per heavy atom. The summed E-state index contributed by atoms with van der Waals surface area (Å²) in [6, 6.07) is 0. The lowest BCUT2D eigenvalue weighted by Crippen LogP contribution is -2.63. The molecule has 0 aliphatic carbocycles. The Hall–Kier alpha value is -2.28. The zero-order valence-corrected chi connectivity index (χ0v) is 57.5. The van der Waals surface area contributed by atoms with Gasteiger partial charge in [-0.2, -0.15) is 0 Å². The van der Waals surface area contributed by atoms with Gasteiger partial charge in [0.15, 0.2) is 0 Å². The van der Waals surface area contributed by atoms with Gasteiger partial charge in [0, 0.05) is 32.3 Å². The third-order valence-corrected chi connectivity index (χ3v) is 19.3. The van der Waals surface area contributed by atoms with Gasteiger partial charge in [0.2, 0.25) is 0 Å². The summed E-state index contributed by atoms with van der Waals surface area (Å²) in [5.41, 5.74) is -2.46. The molecule has 0 aromatic rings. The van der Waals surface area contributed by atoms with Gasteiger partial charge in [-0.25, -0.2) is 0 Å². The predicted molar refractivity (Wildman–Crippen MR) is 367 cm³/mol. The zero-order chi connectivity index (χ0) is 64.4. The van der Waals surface area contributed by atoms with Crippen LogP contribution in [-0.4, -0.2) is 90.1 Å². The van der Waals surface area contributed by atoms with Crippen LogP contribution in [0.3, 0.4) is 0 Å². The summed E-state index contributed by atoms with van der Waals surface area (Å²) in [6.45, 7) is 0.0853. The van der Waals surface area contributed by atoms with Crippen molar-refractivity contribution in [3.63, 3.8) is 0 Å². The fraction of sp³-hybridized carbons (Fsp3) is 0.947. The van der Waals surface area contributed by atoms with E-state index >= 15 is 0 Å². The molecular formula is C76H146O12. The van der Waals surface area contributed by atoms with E-state index < -0.39 is 47.8 Å². The number of aliphatic hydroxyl groups is 3. The Labute approximate surface area is 541 Å². The molecule has 0 aliphatic heterocycles. The highest BCUT2D eigenvalue weighted by Gasteiger charge is 2.54. The highest BCUT2D eigenvalue weighted by Crippen LogP contribution is 2.43. The van der Waals surface area contributed by atoms with Crippen LogP contribution >= 0.6 is 0 Å². The number of hydrogen-bond donors (Lipinski definition) is 7. The van der Waals surface area contributed by atoms with Crippen molar-refractivity contribution in [3.8, 4) is 0 Å². The van der Waals surface area contributed by atoms with Crippen LogP contribution in [0.4, 0.5) is 0 Å². The number of aliphatic carboxylic acids is 4. The van der Waals surface area contributed by atoms with Crippen LogP contribution in [0.5, 0.6) is 0 Å². The van der Waals surface area contributed by atoms with Crippen molar-refractivity contribution < 1.29 is 59.7 Å². The molecule has 12 nitrogen and oxygen atoms in total. The summed E-state index contributed by atoms with van der Waals surface area (Å²) >= 11 is 0. The van der Waals surface area contributed by atoms with E-state index in [-0.39, 0.29) is 6.42 Å². The second-order valence-electron chi connectivity index (χ2n) is 27.5. The number of rotatable bonds is 76. The first-order chi connectivity index (χ1) is 42.9. The molecule has 0 aromatic carbocycles. The third-order valence-electron chi connectivity index (χ3n) is 19.3. The summed E-state index contributed by atoms with van der Waals surface area (Å²) in [7, 11) is 0. The molecule has 0 saturated carbocycles. The highest BCUT2D eigenvalue weighted by molar-refractivity contribution is 5.67. The molecule has 12 heteroatoms. The van der Waals surface area contributed by atoms with Crippen molar-refractivity contribution in [1.29, 1.82) is 0 Å². The topological polar surface area (TPSA) is 219 Å².